The van der Waals surface area contributed by atoms with Crippen molar-refractivity contribution < 1.29 is 19.4 Å². The first-order valence-corrected chi connectivity index (χ1v) is 7.90. The van der Waals surface area contributed by atoms with Gasteiger partial charge in [-0.15, -0.1) is 0 Å². The predicted molar refractivity (Wildman–Crippen MR) is 79.9 cm³/mol. The van der Waals surface area contributed by atoms with E-state index < -0.39 is 6.10 Å². The number of piperidine rings is 1. The number of nitrogens with zero attached hydrogens (tertiary/aromatic N) is 2. The summed E-state index contributed by atoms with van der Waals surface area (Å²) in [6.45, 7) is 2.53. The van der Waals surface area contributed by atoms with E-state index in [0.717, 1.165) is 38.9 Å². The summed E-state index contributed by atoms with van der Waals surface area (Å²) in [5.74, 6) is 0.464. The van der Waals surface area contributed by atoms with Crippen molar-refractivity contribution in [3.05, 3.63) is 23.9 Å². The topological polar surface area (TPSA) is 71.9 Å². The van der Waals surface area contributed by atoms with Crippen LogP contribution in [0.3, 0.4) is 0 Å². The third kappa shape index (κ3) is 3.75. The standard InChI is InChI=1S/C16H22N2O4/c19-13-2-1-7-18(11-13)16(20)12-3-4-15(17-10-12)22-14-5-8-21-9-6-14/h3-4,10,13-14,19H,1-2,5-9,11H2. The van der Waals surface area contributed by atoms with Gasteiger partial charge in [0.05, 0.1) is 24.9 Å². The largest absolute Gasteiger partial charge is 0.474 e. The van der Waals surface area contributed by atoms with Crippen molar-refractivity contribution in [1.82, 2.24) is 9.88 Å². The van der Waals surface area contributed by atoms with Crippen molar-refractivity contribution >= 4 is 5.91 Å². The van der Waals surface area contributed by atoms with Gasteiger partial charge in [0, 0.05) is 38.2 Å². The summed E-state index contributed by atoms with van der Waals surface area (Å²) in [5.41, 5.74) is 0.536. The summed E-state index contributed by atoms with van der Waals surface area (Å²) >= 11 is 0. The Labute approximate surface area is 130 Å². The van der Waals surface area contributed by atoms with E-state index in [4.69, 9.17) is 9.47 Å². The third-order valence-corrected chi connectivity index (χ3v) is 4.12. The van der Waals surface area contributed by atoms with Gasteiger partial charge in [0.15, 0.2) is 0 Å². The average molecular weight is 306 g/mol. The first-order valence-electron chi connectivity index (χ1n) is 7.90. The van der Waals surface area contributed by atoms with E-state index in [9.17, 15) is 9.90 Å². The van der Waals surface area contributed by atoms with Crippen LogP contribution in [0.4, 0.5) is 0 Å². The number of carbonyl (C=O) groups is 1. The van der Waals surface area contributed by atoms with Gasteiger partial charge in [0.25, 0.3) is 5.91 Å². The van der Waals surface area contributed by atoms with E-state index in [0.29, 0.717) is 24.5 Å². The molecule has 0 bridgehead atoms. The van der Waals surface area contributed by atoms with Crippen molar-refractivity contribution in [3.8, 4) is 5.88 Å². The van der Waals surface area contributed by atoms with E-state index in [1.54, 1.807) is 23.2 Å². The molecule has 1 atom stereocenters. The van der Waals surface area contributed by atoms with E-state index in [1.807, 2.05) is 0 Å². The molecule has 2 saturated heterocycles. The lowest BCUT2D eigenvalue weighted by molar-refractivity contribution is 0.0237. The maximum absolute atomic E-state index is 12.4. The van der Waals surface area contributed by atoms with Crippen molar-refractivity contribution in [2.45, 2.75) is 37.9 Å². The second kappa shape index (κ2) is 7.07. The number of ether oxygens (including phenoxy) is 2. The van der Waals surface area contributed by atoms with Crippen LogP contribution in [-0.2, 0) is 4.74 Å². The molecule has 2 fully saturated rings. The molecule has 6 heteroatoms. The summed E-state index contributed by atoms with van der Waals surface area (Å²) in [7, 11) is 0. The van der Waals surface area contributed by atoms with Crippen LogP contribution in [0.2, 0.25) is 0 Å². The highest BCUT2D eigenvalue weighted by Gasteiger charge is 2.23. The lowest BCUT2D eigenvalue weighted by Gasteiger charge is -2.30. The number of likely N-dealkylation sites (tertiary alicyclic amines) is 1. The first-order chi connectivity index (χ1) is 10.7. The number of amides is 1. The lowest BCUT2D eigenvalue weighted by atomic mass is 10.1. The maximum atomic E-state index is 12.4. The number of rotatable bonds is 3. The summed E-state index contributed by atoms with van der Waals surface area (Å²) in [4.78, 5) is 18.3. The molecule has 0 aromatic carbocycles. The number of aromatic nitrogens is 1. The van der Waals surface area contributed by atoms with Gasteiger partial charge in [-0.1, -0.05) is 0 Å². The van der Waals surface area contributed by atoms with Gasteiger partial charge in [-0.2, -0.15) is 0 Å². The van der Waals surface area contributed by atoms with Gasteiger partial charge in [0.2, 0.25) is 5.88 Å². The number of hydrogen-bond acceptors (Lipinski definition) is 5. The molecule has 120 valence electrons. The fraction of sp³-hybridized carbons (Fsp3) is 0.625. The Bertz CT molecular complexity index is 499. The minimum atomic E-state index is -0.415. The molecule has 3 heterocycles. The smallest absolute Gasteiger partial charge is 0.255 e. The molecule has 0 aliphatic carbocycles. The second-order valence-corrected chi connectivity index (χ2v) is 5.86. The SMILES string of the molecule is O=C(c1ccc(OC2CCOCC2)nc1)N1CCCC(O)C1. The van der Waals surface area contributed by atoms with E-state index >= 15 is 0 Å². The molecule has 2 aliphatic heterocycles. The van der Waals surface area contributed by atoms with Gasteiger partial charge in [-0.25, -0.2) is 4.98 Å². The maximum Gasteiger partial charge on any atom is 0.255 e. The fourth-order valence-corrected chi connectivity index (χ4v) is 2.86. The molecule has 0 saturated carbocycles. The molecule has 1 amide bonds. The molecule has 2 aliphatic rings. The molecule has 6 nitrogen and oxygen atoms in total. The van der Waals surface area contributed by atoms with Gasteiger partial charge in [-0.05, 0) is 18.9 Å². The number of aliphatic hydroxyl groups excluding tert-OH is 1. The van der Waals surface area contributed by atoms with Crippen LogP contribution in [0.25, 0.3) is 0 Å². The highest BCUT2D eigenvalue weighted by atomic mass is 16.5. The number of aliphatic hydroxyl groups is 1. The highest BCUT2D eigenvalue weighted by Crippen LogP contribution is 2.18. The predicted octanol–water partition coefficient (Wildman–Crippen LogP) is 1.24. The third-order valence-electron chi connectivity index (χ3n) is 4.12. The quantitative estimate of drug-likeness (QED) is 0.909. The van der Waals surface area contributed by atoms with Gasteiger partial charge >= 0.3 is 0 Å². The Morgan fingerprint density at radius 2 is 2.14 bits per heavy atom. The summed E-state index contributed by atoms with van der Waals surface area (Å²) in [6, 6.07) is 3.48. The van der Waals surface area contributed by atoms with Crippen molar-refractivity contribution in [3.63, 3.8) is 0 Å². The van der Waals surface area contributed by atoms with Crippen LogP contribution < -0.4 is 4.74 Å². The average Bonchev–Trinajstić information content (AvgIpc) is 2.56. The Hall–Kier alpha value is -1.66. The van der Waals surface area contributed by atoms with Crippen molar-refractivity contribution in [2.75, 3.05) is 26.3 Å². The second-order valence-electron chi connectivity index (χ2n) is 5.86. The van der Waals surface area contributed by atoms with E-state index in [1.165, 1.54) is 0 Å². The first kappa shape index (κ1) is 15.2. The van der Waals surface area contributed by atoms with Crippen LogP contribution in [-0.4, -0.2) is 59.4 Å². The van der Waals surface area contributed by atoms with Crippen LogP contribution in [0.15, 0.2) is 18.3 Å². The monoisotopic (exact) mass is 306 g/mol. The molecule has 1 N–H and O–H groups in total. The van der Waals surface area contributed by atoms with Crippen molar-refractivity contribution in [1.29, 1.82) is 0 Å². The minimum Gasteiger partial charge on any atom is -0.474 e. The summed E-state index contributed by atoms with van der Waals surface area (Å²) in [5, 5.41) is 9.66. The lowest BCUT2D eigenvalue weighted by Crippen LogP contribution is -2.42. The van der Waals surface area contributed by atoms with Gasteiger partial charge < -0.3 is 19.5 Å². The minimum absolute atomic E-state index is 0.0798. The Morgan fingerprint density at radius 1 is 1.32 bits per heavy atom. The molecule has 0 radical (unpaired) electrons. The van der Waals surface area contributed by atoms with E-state index in [2.05, 4.69) is 4.98 Å². The fourth-order valence-electron chi connectivity index (χ4n) is 2.86. The zero-order valence-corrected chi connectivity index (χ0v) is 12.6. The summed E-state index contributed by atoms with van der Waals surface area (Å²) < 4.78 is 11.1. The zero-order valence-electron chi connectivity index (χ0n) is 12.6. The van der Waals surface area contributed by atoms with Crippen molar-refractivity contribution in [2.24, 2.45) is 0 Å². The normalized spacial score (nSPS) is 23.3. The zero-order chi connectivity index (χ0) is 15.4. The number of hydrogen-bond donors (Lipinski definition) is 1. The molecule has 0 spiro atoms. The van der Waals surface area contributed by atoms with Gasteiger partial charge in [0.1, 0.15) is 6.10 Å². The highest BCUT2D eigenvalue weighted by molar-refractivity contribution is 5.94. The number of carbonyl (C=O) groups excluding carboxylic acids is 1. The molecule has 1 aromatic heterocycles. The molecular weight excluding hydrogens is 284 g/mol. The molecule has 3 rings (SSSR count). The Balaban J connectivity index is 1.59. The molecule has 22 heavy (non-hydrogen) atoms. The van der Waals surface area contributed by atoms with E-state index in [-0.39, 0.29) is 12.0 Å². The van der Waals surface area contributed by atoms with Crippen LogP contribution in [0, 0.1) is 0 Å². The molecular formula is C16H22N2O4. The number of β-amino-alcohol motifs (C(OH)–C–C–N with tert-alkyl or cyclic N) is 1. The Kier molecular flexibility index (Phi) is 4.90. The molecule has 1 aromatic rings. The van der Waals surface area contributed by atoms with Crippen LogP contribution >= 0.6 is 0 Å². The molecule has 1 unspecified atom stereocenters. The van der Waals surface area contributed by atoms with Gasteiger partial charge in [-0.3, -0.25) is 4.79 Å². The van der Waals surface area contributed by atoms with Crippen LogP contribution in [0.5, 0.6) is 5.88 Å². The van der Waals surface area contributed by atoms with Crippen LogP contribution in [0.1, 0.15) is 36.0 Å². The number of pyridine rings is 1. The Morgan fingerprint density at radius 3 is 2.82 bits per heavy atom. The summed E-state index contributed by atoms with van der Waals surface area (Å²) in [6.07, 6.45) is 4.62.